The van der Waals surface area contributed by atoms with E-state index < -0.39 is 5.41 Å². The molecule has 0 unspecified atom stereocenters. The summed E-state index contributed by atoms with van der Waals surface area (Å²) < 4.78 is 1.28. The van der Waals surface area contributed by atoms with E-state index in [1.54, 1.807) is 33.3 Å². The lowest BCUT2D eigenvalue weighted by atomic mass is 9.68. The quantitative estimate of drug-likeness (QED) is 0.449. The van der Waals surface area contributed by atoms with E-state index in [2.05, 4.69) is 20.7 Å². The summed E-state index contributed by atoms with van der Waals surface area (Å²) in [5.41, 5.74) is 10.2. The van der Waals surface area contributed by atoms with Crippen LogP contribution in [0.5, 0.6) is 0 Å². The molecule has 1 heterocycles. The second kappa shape index (κ2) is 8.90. The maximum atomic E-state index is 12.5. The summed E-state index contributed by atoms with van der Waals surface area (Å²) in [6.45, 7) is 1.92. The molecule has 2 amide bonds. The van der Waals surface area contributed by atoms with Crippen LogP contribution in [-0.2, 0) is 25.3 Å². The van der Waals surface area contributed by atoms with E-state index in [1.807, 2.05) is 31.2 Å². The van der Waals surface area contributed by atoms with Crippen LogP contribution in [0.15, 0.2) is 41.2 Å². The maximum Gasteiger partial charge on any atom is 0.343 e. The smallest absolute Gasteiger partial charge is 0.343 e. The number of benzene rings is 2. The Balaban J connectivity index is 2.08. The average molecular weight is 463 g/mol. The first-order valence-electron chi connectivity index (χ1n) is 11.3. The van der Waals surface area contributed by atoms with Crippen LogP contribution in [0.2, 0.25) is 0 Å². The second-order valence-corrected chi connectivity index (χ2v) is 8.89. The molecule has 0 spiro atoms. The summed E-state index contributed by atoms with van der Waals surface area (Å²) in [5, 5.41) is 9.93. The minimum absolute atomic E-state index is 0.171. The number of aromatic nitrogens is 3. The Kier molecular flexibility index (Phi) is 6.14. The molecular formula is C25H30N6O3. The van der Waals surface area contributed by atoms with Gasteiger partial charge in [-0.1, -0.05) is 12.1 Å². The van der Waals surface area contributed by atoms with Gasteiger partial charge in [-0.2, -0.15) is 5.10 Å². The number of nitrogens with zero attached hydrogens (tertiary/aromatic N) is 2. The number of fused-ring (bicyclic) bond motifs is 2. The third kappa shape index (κ3) is 3.81. The van der Waals surface area contributed by atoms with Gasteiger partial charge in [-0.05, 0) is 72.7 Å². The largest absolute Gasteiger partial charge is 0.355 e. The van der Waals surface area contributed by atoms with Crippen molar-refractivity contribution in [2.24, 2.45) is 12.8 Å². The molecule has 1 aliphatic carbocycles. The van der Waals surface area contributed by atoms with Crippen molar-refractivity contribution in [2.75, 3.05) is 14.1 Å². The summed E-state index contributed by atoms with van der Waals surface area (Å²) in [4.78, 5) is 40.2. The van der Waals surface area contributed by atoms with Gasteiger partial charge in [0.25, 0.3) is 11.8 Å². The minimum Gasteiger partial charge on any atom is -0.355 e. The van der Waals surface area contributed by atoms with E-state index in [-0.39, 0.29) is 23.5 Å². The first-order valence-corrected chi connectivity index (χ1v) is 11.3. The van der Waals surface area contributed by atoms with Gasteiger partial charge in [0.05, 0.1) is 5.41 Å². The molecule has 9 heteroatoms. The minimum atomic E-state index is -0.863. The molecule has 0 fully saturated rings. The van der Waals surface area contributed by atoms with Gasteiger partial charge >= 0.3 is 5.69 Å². The second-order valence-electron chi connectivity index (χ2n) is 8.89. The number of aryl methyl sites for hydroxylation is 3. The predicted octanol–water partition coefficient (Wildman–Crippen LogP) is 0.998. The van der Waals surface area contributed by atoms with Crippen molar-refractivity contribution >= 4 is 11.8 Å². The average Bonchev–Trinajstić information content (AvgIpc) is 3.11. The molecule has 178 valence electrons. The molecule has 0 saturated carbocycles. The Morgan fingerprint density at radius 2 is 1.56 bits per heavy atom. The van der Waals surface area contributed by atoms with Crippen molar-refractivity contribution in [2.45, 2.75) is 37.6 Å². The Morgan fingerprint density at radius 1 is 1.06 bits per heavy atom. The summed E-state index contributed by atoms with van der Waals surface area (Å²) in [5.74, 6) is 0.146. The Labute approximate surface area is 197 Å². The van der Waals surface area contributed by atoms with Crippen LogP contribution in [0.4, 0.5) is 0 Å². The molecule has 9 nitrogen and oxygen atoms in total. The fourth-order valence-corrected chi connectivity index (χ4v) is 5.07. The molecule has 0 radical (unpaired) electrons. The SMILES string of the molecule is CNC(=O)c1ccc2c(c1)CCc1cc(C(=O)NC)ccc1C2(C[C@@H](C)N)c1nn(C)c(=O)[nH]1. The zero-order valence-corrected chi connectivity index (χ0v) is 19.9. The Bertz CT molecular complexity index is 1250. The predicted molar refractivity (Wildman–Crippen MR) is 129 cm³/mol. The van der Waals surface area contributed by atoms with Crippen LogP contribution < -0.4 is 22.1 Å². The van der Waals surface area contributed by atoms with E-state index in [9.17, 15) is 14.4 Å². The maximum absolute atomic E-state index is 12.5. The highest BCUT2D eigenvalue weighted by Crippen LogP contribution is 2.46. The highest BCUT2D eigenvalue weighted by atomic mass is 16.2. The topological polar surface area (TPSA) is 135 Å². The monoisotopic (exact) mass is 462 g/mol. The Morgan fingerprint density at radius 3 is 1.94 bits per heavy atom. The molecule has 1 aliphatic rings. The lowest BCUT2D eigenvalue weighted by Gasteiger charge is -2.36. The van der Waals surface area contributed by atoms with E-state index in [1.165, 1.54) is 4.68 Å². The van der Waals surface area contributed by atoms with Gasteiger partial charge in [0.1, 0.15) is 5.82 Å². The number of aromatic amines is 1. The van der Waals surface area contributed by atoms with Crippen LogP contribution in [0.25, 0.3) is 0 Å². The number of amides is 2. The molecule has 0 aliphatic heterocycles. The highest BCUT2D eigenvalue weighted by molar-refractivity contribution is 5.95. The molecule has 0 saturated heterocycles. The number of nitrogens with two attached hydrogens (primary N) is 1. The molecule has 4 rings (SSSR count). The third-order valence-electron chi connectivity index (χ3n) is 6.57. The van der Waals surface area contributed by atoms with Crippen molar-refractivity contribution in [3.8, 4) is 0 Å². The highest BCUT2D eigenvalue weighted by Gasteiger charge is 2.44. The van der Waals surface area contributed by atoms with Gasteiger partial charge in [-0.3, -0.25) is 14.6 Å². The van der Waals surface area contributed by atoms with Crippen LogP contribution in [0, 0.1) is 0 Å². The first-order chi connectivity index (χ1) is 16.2. The number of H-pyrrole nitrogens is 1. The zero-order chi connectivity index (χ0) is 24.6. The number of hydrogen-bond donors (Lipinski definition) is 4. The summed E-state index contributed by atoms with van der Waals surface area (Å²) in [6, 6.07) is 11.0. The lowest BCUT2D eigenvalue weighted by Crippen LogP contribution is -2.38. The van der Waals surface area contributed by atoms with E-state index in [0.717, 1.165) is 22.3 Å². The number of carbonyl (C=O) groups is 2. The van der Waals surface area contributed by atoms with Crippen molar-refractivity contribution in [3.63, 3.8) is 0 Å². The van der Waals surface area contributed by atoms with E-state index >= 15 is 0 Å². The molecule has 0 bridgehead atoms. The number of rotatable bonds is 5. The Hall–Kier alpha value is -3.72. The van der Waals surface area contributed by atoms with Crippen LogP contribution in [-0.4, -0.2) is 46.7 Å². The molecular weight excluding hydrogens is 432 g/mol. The molecule has 5 N–H and O–H groups in total. The fraction of sp³-hybridized carbons (Fsp3) is 0.360. The van der Waals surface area contributed by atoms with Crippen molar-refractivity contribution in [1.29, 1.82) is 0 Å². The van der Waals surface area contributed by atoms with Gasteiger partial charge < -0.3 is 16.4 Å². The van der Waals surface area contributed by atoms with Gasteiger partial charge in [0, 0.05) is 38.3 Å². The molecule has 2 aromatic carbocycles. The number of nitrogens with one attached hydrogen (secondary N) is 3. The van der Waals surface area contributed by atoms with Crippen LogP contribution >= 0.6 is 0 Å². The van der Waals surface area contributed by atoms with Gasteiger partial charge in [0.2, 0.25) is 0 Å². The third-order valence-corrected chi connectivity index (χ3v) is 6.57. The van der Waals surface area contributed by atoms with Crippen molar-refractivity contribution in [1.82, 2.24) is 25.4 Å². The van der Waals surface area contributed by atoms with Gasteiger partial charge in [-0.25, -0.2) is 9.48 Å². The molecule has 3 aromatic rings. The van der Waals surface area contributed by atoms with Crippen molar-refractivity contribution in [3.05, 3.63) is 86.1 Å². The molecule has 1 aromatic heterocycles. The normalized spacial score (nSPS) is 15.0. The lowest BCUT2D eigenvalue weighted by molar-refractivity contribution is 0.0955. The summed E-state index contributed by atoms with van der Waals surface area (Å²) in [7, 11) is 4.80. The van der Waals surface area contributed by atoms with Crippen molar-refractivity contribution < 1.29 is 9.59 Å². The van der Waals surface area contributed by atoms with E-state index in [0.29, 0.717) is 36.2 Å². The zero-order valence-electron chi connectivity index (χ0n) is 19.9. The van der Waals surface area contributed by atoms with Crippen LogP contribution in [0.3, 0.4) is 0 Å². The summed E-state index contributed by atoms with van der Waals surface area (Å²) in [6.07, 6.45) is 1.78. The standard InChI is InChI=1S/C25H30N6O3/c1-14(26)13-25(23-29-24(34)31(4)30-23)19-9-7-17(21(32)27-2)11-15(19)5-6-16-12-18(22(33)28-3)8-10-20(16)25/h7-12,14H,5-6,13,26H2,1-4H3,(H,27,32)(H,28,33)(H,29,30,34)/t14-/m1/s1. The van der Waals surface area contributed by atoms with Gasteiger partial charge in [-0.15, -0.1) is 0 Å². The first kappa shape index (κ1) is 23.4. The molecule has 34 heavy (non-hydrogen) atoms. The van der Waals surface area contributed by atoms with Gasteiger partial charge in [0.15, 0.2) is 0 Å². The van der Waals surface area contributed by atoms with Crippen LogP contribution in [0.1, 0.15) is 62.1 Å². The molecule has 1 atom stereocenters. The fourth-order valence-electron chi connectivity index (χ4n) is 5.07. The number of carbonyl (C=O) groups excluding carboxylic acids is 2. The number of hydrogen-bond acceptors (Lipinski definition) is 5. The summed E-state index contributed by atoms with van der Waals surface area (Å²) >= 11 is 0. The van der Waals surface area contributed by atoms with E-state index in [4.69, 9.17) is 5.73 Å².